The molecule has 0 bridgehead atoms. The summed E-state index contributed by atoms with van der Waals surface area (Å²) in [5.41, 5.74) is 1.62. The lowest BCUT2D eigenvalue weighted by atomic mass is 10.0. The molecule has 0 N–H and O–H groups in total. The SMILES string of the molecule is C/C=C(/CCC)[C@@H]1C(C[C@H](C)Cl)N1[C@@H](C)CC. The van der Waals surface area contributed by atoms with E-state index in [-0.39, 0.29) is 5.38 Å². The van der Waals surface area contributed by atoms with Crippen LogP contribution in [0.1, 0.15) is 60.3 Å². The Hall–Kier alpha value is -0.0100. The minimum atomic E-state index is 0.288. The molecule has 0 aromatic heterocycles. The average molecular weight is 258 g/mol. The van der Waals surface area contributed by atoms with Crippen molar-refractivity contribution in [2.75, 3.05) is 0 Å². The summed E-state index contributed by atoms with van der Waals surface area (Å²) in [5.74, 6) is 0. The summed E-state index contributed by atoms with van der Waals surface area (Å²) in [6, 6.07) is 2.05. The van der Waals surface area contributed by atoms with Crippen molar-refractivity contribution in [2.24, 2.45) is 0 Å². The number of rotatable bonds is 7. The van der Waals surface area contributed by atoms with Crippen LogP contribution in [0.2, 0.25) is 0 Å². The minimum absolute atomic E-state index is 0.288. The Labute approximate surface area is 112 Å². The zero-order chi connectivity index (χ0) is 13.0. The molecule has 1 nitrogen and oxygen atoms in total. The zero-order valence-corrected chi connectivity index (χ0v) is 12.8. The van der Waals surface area contributed by atoms with Gasteiger partial charge in [0.25, 0.3) is 0 Å². The van der Waals surface area contributed by atoms with Crippen LogP contribution >= 0.6 is 11.6 Å². The molecule has 0 aromatic rings. The lowest BCUT2D eigenvalue weighted by molar-refractivity contribution is 0.363. The van der Waals surface area contributed by atoms with Gasteiger partial charge in [0.05, 0.1) is 0 Å². The summed E-state index contributed by atoms with van der Waals surface area (Å²) in [7, 11) is 0. The molecular formula is C15H28ClN. The summed E-state index contributed by atoms with van der Waals surface area (Å²) in [4.78, 5) is 2.66. The smallest absolute Gasteiger partial charge is 0.0470 e. The maximum absolute atomic E-state index is 6.17. The van der Waals surface area contributed by atoms with Crippen LogP contribution in [0.3, 0.4) is 0 Å². The van der Waals surface area contributed by atoms with Gasteiger partial charge in [-0.05, 0) is 40.0 Å². The third kappa shape index (κ3) is 3.72. The standard InChI is InChI=1S/C15H28ClN/c1-6-9-13(8-3)15-14(10-11(4)16)17(15)12(5)7-2/h8,11-12,14-15H,6-7,9-10H2,1-5H3/b13-8-/t11-,12-,14?,15+,17?/m0/s1. The van der Waals surface area contributed by atoms with Gasteiger partial charge in [-0.25, -0.2) is 0 Å². The normalized spacial score (nSPS) is 32.4. The molecule has 0 aliphatic carbocycles. The van der Waals surface area contributed by atoms with Gasteiger partial charge in [0, 0.05) is 23.5 Å². The third-order valence-electron chi connectivity index (χ3n) is 3.93. The molecule has 0 radical (unpaired) electrons. The highest BCUT2D eigenvalue weighted by molar-refractivity contribution is 6.20. The summed E-state index contributed by atoms with van der Waals surface area (Å²) in [5, 5.41) is 0.288. The van der Waals surface area contributed by atoms with Crippen LogP contribution in [-0.2, 0) is 0 Å². The molecule has 2 unspecified atom stereocenters. The molecule has 1 aliphatic heterocycles. The lowest BCUT2D eigenvalue weighted by Gasteiger charge is -2.13. The Balaban J connectivity index is 2.68. The molecule has 0 saturated carbocycles. The third-order valence-corrected chi connectivity index (χ3v) is 4.11. The highest BCUT2D eigenvalue weighted by Crippen LogP contribution is 2.42. The first-order valence-electron chi connectivity index (χ1n) is 7.13. The fraction of sp³-hybridized carbons (Fsp3) is 0.867. The van der Waals surface area contributed by atoms with Gasteiger partial charge in [-0.1, -0.05) is 31.9 Å². The van der Waals surface area contributed by atoms with Crippen LogP contribution in [0, 0.1) is 0 Å². The van der Waals surface area contributed by atoms with Crippen molar-refractivity contribution in [3.63, 3.8) is 0 Å². The van der Waals surface area contributed by atoms with Gasteiger partial charge in [0.2, 0.25) is 0 Å². The Morgan fingerprint density at radius 2 is 2.00 bits per heavy atom. The van der Waals surface area contributed by atoms with E-state index >= 15 is 0 Å². The van der Waals surface area contributed by atoms with Crippen molar-refractivity contribution in [3.8, 4) is 0 Å². The largest absolute Gasteiger partial charge is 0.288 e. The minimum Gasteiger partial charge on any atom is -0.288 e. The summed E-state index contributed by atoms with van der Waals surface area (Å²) >= 11 is 6.17. The molecule has 17 heavy (non-hydrogen) atoms. The second-order valence-electron chi connectivity index (χ2n) is 5.35. The highest BCUT2D eigenvalue weighted by atomic mass is 35.5. The van der Waals surface area contributed by atoms with E-state index in [9.17, 15) is 0 Å². The second kappa shape index (κ2) is 6.80. The number of nitrogens with zero attached hydrogens (tertiary/aromatic N) is 1. The monoisotopic (exact) mass is 257 g/mol. The van der Waals surface area contributed by atoms with Crippen molar-refractivity contribution >= 4 is 11.6 Å². The zero-order valence-electron chi connectivity index (χ0n) is 12.0. The van der Waals surface area contributed by atoms with Crippen LogP contribution in [-0.4, -0.2) is 28.4 Å². The van der Waals surface area contributed by atoms with Gasteiger partial charge >= 0.3 is 0 Å². The first-order chi connectivity index (χ1) is 8.06. The van der Waals surface area contributed by atoms with Gasteiger partial charge in [-0.2, -0.15) is 0 Å². The van der Waals surface area contributed by atoms with Crippen LogP contribution in [0.4, 0.5) is 0 Å². The van der Waals surface area contributed by atoms with E-state index < -0.39 is 0 Å². The molecule has 1 saturated heterocycles. The Morgan fingerprint density at radius 1 is 1.35 bits per heavy atom. The van der Waals surface area contributed by atoms with Gasteiger partial charge in [-0.15, -0.1) is 11.6 Å². The van der Waals surface area contributed by atoms with Crippen molar-refractivity contribution < 1.29 is 0 Å². The fourth-order valence-electron chi connectivity index (χ4n) is 2.88. The molecular weight excluding hydrogens is 230 g/mol. The van der Waals surface area contributed by atoms with Crippen molar-refractivity contribution in [2.45, 2.75) is 83.8 Å². The van der Waals surface area contributed by atoms with Gasteiger partial charge in [-0.3, -0.25) is 4.90 Å². The maximum Gasteiger partial charge on any atom is 0.0470 e. The van der Waals surface area contributed by atoms with Crippen LogP contribution in [0.5, 0.6) is 0 Å². The van der Waals surface area contributed by atoms with E-state index in [0.29, 0.717) is 18.1 Å². The van der Waals surface area contributed by atoms with E-state index in [1.54, 1.807) is 5.57 Å². The topological polar surface area (TPSA) is 3.01 Å². The van der Waals surface area contributed by atoms with E-state index in [0.717, 1.165) is 6.42 Å². The van der Waals surface area contributed by atoms with Gasteiger partial charge < -0.3 is 0 Å². The van der Waals surface area contributed by atoms with E-state index in [1.165, 1.54) is 19.3 Å². The van der Waals surface area contributed by atoms with Gasteiger partial charge in [0.15, 0.2) is 0 Å². The summed E-state index contributed by atoms with van der Waals surface area (Å²) < 4.78 is 0. The first kappa shape index (κ1) is 15.0. The predicted molar refractivity (Wildman–Crippen MR) is 77.8 cm³/mol. The lowest BCUT2D eigenvalue weighted by Crippen LogP contribution is -2.18. The molecule has 0 spiro atoms. The van der Waals surface area contributed by atoms with Crippen molar-refractivity contribution in [1.82, 2.24) is 4.90 Å². The maximum atomic E-state index is 6.17. The number of halogens is 1. The summed E-state index contributed by atoms with van der Waals surface area (Å²) in [6.45, 7) is 11.2. The van der Waals surface area contributed by atoms with Crippen molar-refractivity contribution in [3.05, 3.63) is 11.6 Å². The van der Waals surface area contributed by atoms with Crippen LogP contribution in [0.15, 0.2) is 11.6 Å². The number of allylic oxidation sites excluding steroid dienone is 1. The van der Waals surface area contributed by atoms with E-state index in [2.05, 4.69) is 45.6 Å². The Bertz CT molecular complexity index is 260. The number of hydrogen-bond donors (Lipinski definition) is 0. The Kier molecular flexibility index (Phi) is 6.02. The summed E-state index contributed by atoms with van der Waals surface area (Å²) in [6.07, 6.45) is 7.15. The molecule has 1 rings (SSSR count). The predicted octanol–water partition coefficient (Wildman–Crippen LogP) is 4.60. The molecule has 100 valence electrons. The number of hydrogen-bond acceptors (Lipinski definition) is 1. The highest BCUT2D eigenvalue weighted by Gasteiger charge is 2.50. The molecule has 0 amide bonds. The second-order valence-corrected chi connectivity index (χ2v) is 6.09. The molecule has 1 heterocycles. The molecule has 1 aliphatic rings. The quantitative estimate of drug-likeness (QED) is 0.366. The molecule has 0 aromatic carbocycles. The van der Waals surface area contributed by atoms with Crippen molar-refractivity contribution in [1.29, 1.82) is 0 Å². The first-order valence-corrected chi connectivity index (χ1v) is 7.56. The Morgan fingerprint density at radius 3 is 2.41 bits per heavy atom. The fourth-order valence-corrected chi connectivity index (χ4v) is 3.07. The van der Waals surface area contributed by atoms with Gasteiger partial charge in [0.1, 0.15) is 0 Å². The van der Waals surface area contributed by atoms with Crippen LogP contribution < -0.4 is 0 Å². The molecule has 5 atom stereocenters. The molecule has 2 heteroatoms. The molecule has 1 fully saturated rings. The van der Waals surface area contributed by atoms with E-state index in [4.69, 9.17) is 11.6 Å². The number of alkyl halides is 1. The van der Waals surface area contributed by atoms with Crippen LogP contribution in [0.25, 0.3) is 0 Å². The van der Waals surface area contributed by atoms with E-state index in [1.807, 2.05) is 0 Å². The average Bonchev–Trinajstić information content (AvgIpc) is 2.97.